The van der Waals surface area contributed by atoms with Crippen molar-refractivity contribution in [3.8, 4) is 5.19 Å². The van der Waals surface area contributed by atoms with Gasteiger partial charge in [-0.1, -0.05) is 29.5 Å². The van der Waals surface area contributed by atoms with E-state index in [2.05, 4.69) is 4.98 Å². The third-order valence-corrected chi connectivity index (χ3v) is 7.89. The minimum atomic E-state index is -3.36. The summed E-state index contributed by atoms with van der Waals surface area (Å²) in [6.07, 6.45) is -0.134. The van der Waals surface area contributed by atoms with Gasteiger partial charge in [0, 0.05) is 0 Å². The third-order valence-electron chi connectivity index (χ3n) is 3.77. The molecular formula is C15H14N2O3S3. The highest BCUT2D eigenvalue weighted by Crippen LogP contribution is 2.32. The molecule has 3 aromatic rings. The second-order valence-electron chi connectivity index (χ2n) is 5.40. The van der Waals surface area contributed by atoms with E-state index in [-0.39, 0.29) is 6.10 Å². The predicted molar refractivity (Wildman–Crippen MR) is 91.9 cm³/mol. The molecule has 1 aliphatic rings. The van der Waals surface area contributed by atoms with Crippen molar-refractivity contribution >= 4 is 42.9 Å². The van der Waals surface area contributed by atoms with E-state index in [4.69, 9.17) is 4.74 Å². The largest absolute Gasteiger partial charge is 0.464 e. The summed E-state index contributed by atoms with van der Waals surface area (Å²) in [7, 11) is -3.36. The first-order chi connectivity index (χ1) is 11.0. The standard InChI is InChI=1S/C15H14N2O3S3/c1-10-4-2-5-12-14(10)16-15(22-12)20-11-8-17(9-11)23(18,19)13-6-3-7-21-13/h2-7,11H,8-9H2,1H3. The van der Waals surface area contributed by atoms with Crippen molar-refractivity contribution in [3.05, 3.63) is 41.3 Å². The first-order valence-electron chi connectivity index (χ1n) is 7.10. The molecule has 0 atom stereocenters. The highest BCUT2D eigenvalue weighted by atomic mass is 32.2. The van der Waals surface area contributed by atoms with Crippen molar-refractivity contribution in [2.24, 2.45) is 0 Å². The molecule has 0 bridgehead atoms. The minimum absolute atomic E-state index is 0.134. The monoisotopic (exact) mass is 366 g/mol. The molecule has 0 radical (unpaired) electrons. The number of thiophene rings is 1. The van der Waals surface area contributed by atoms with E-state index in [0.717, 1.165) is 15.8 Å². The normalized spacial score (nSPS) is 16.6. The van der Waals surface area contributed by atoms with Gasteiger partial charge in [0.15, 0.2) is 0 Å². The van der Waals surface area contributed by atoms with Gasteiger partial charge in [0.1, 0.15) is 10.3 Å². The number of sulfonamides is 1. The van der Waals surface area contributed by atoms with Crippen LogP contribution in [0.15, 0.2) is 39.9 Å². The number of fused-ring (bicyclic) bond motifs is 1. The van der Waals surface area contributed by atoms with Gasteiger partial charge in [-0.05, 0) is 30.0 Å². The van der Waals surface area contributed by atoms with Crippen molar-refractivity contribution in [3.63, 3.8) is 0 Å². The Kier molecular flexibility index (Phi) is 3.64. The molecule has 4 rings (SSSR count). The number of thiazole rings is 1. The van der Waals surface area contributed by atoms with E-state index in [9.17, 15) is 8.42 Å². The lowest BCUT2D eigenvalue weighted by Crippen LogP contribution is -2.55. The molecule has 3 heterocycles. The molecule has 120 valence electrons. The zero-order valence-electron chi connectivity index (χ0n) is 12.3. The molecule has 5 nitrogen and oxygen atoms in total. The fourth-order valence-corrected chi connectivity index (χ4v) is 6.07. The maximum Gasteiger partial charge on any atom is 0.274 e. The average Bonchev–Trinajstić information content (AvgIpc) is 3.12. The maximum atomic E-state index is 12.3. The molecule has 0 unspecified atom stereocenters. The van der Waals surface area contributed by atoms with Gasteiger partial charge < -0.3 is 4.74 Å². The molecule has 0 saturated carbocycles. The first kappa shape index (κ1) is 15.1. The average molecular weight is 366 g/mol. The lowest BCUT2D eigenvalue weighted by Gasteiger charge is -2.36. The molecule has 23 heavy (non-hydrogen) atoms. The number of nitrogens with zero attached hydrogens (tertiary/aromatic N) is 2. The van der Waals surface area contributed by atoms with Crippen LogP contribution in [0.4, 0.5) is 0 Å². The molecule has 0 spiro atoms. The lowest BCUT2D eigenvalue weighted by atomic mass is 10.2. The second-order valence-corrected chi connectivity index (χ2v) is 9.50. The molecule has 8 heteroatoms. The Morgan fingerprint density at radius 1 is 1.26 bits per heavy atom. The highest BCUT2D eigenvalue weighted by Gasteiger charge is 2.39. The van der Waals surface area contributed by atoms with E-state index in [1.165, 1.54) is 27.0 Å². The summed E-state index contributed by atoms with van der Waals surface area (Å²) in [5.74, 6) is 0. The number of aryl methyl sites for hydroxylation is 1. The highest BCUT2D eigenvalue weighted by molar-refractivity contribution is 7.91. The number of hydrogen-bond donors (Lipinski definition) is 0. The Morgan fingerprint density at radius 2 is 2.09 bits per heavy atom. The number of hydrogen-bond acceptors (Lipinski definition) is 6. The van der Waals surface area contributed by atoms with E-state index >= 15 is 0 Å². The Bertz CT molecular complexity index is 942. The molecule has 0 aliphatic carbocycles. The van der Waals surface area contributed by atoms with Crippen molar-refractivity contribution in [2.75, 3.05) is 13.1 Å². The smallest absolute Gasteiger partial charge is 0.274 e. The number of benzene rings is 1. The van der Waals surface area contributed by atoms with Gasteiger partial charge in [0.2, 0.25) is 0 Å². The summed E-state index contributed by atoms with van der Waals surface area (Å²) in [4.78, 5) is 4.50. The quantitative estimate of drug-likeness (QED) is 0.712. The first-order valence-corrected chi connectivity index (χ1v) is 10.2. The summed E-state index contributed by atoms with van der Waals surface area (Å²) in [6.45, 7) is 2.76. The maximum absolute atomic E-state index is 12.3. The second kappa shape index (κ2) is 5.55. The molecule has 2 aromatic heterocycles. The van der Waals surface area contributed by atoms with Crippen LogP contribution in [0.5, 0.6) is 5.19 Å². The third kappa shape index (κ3) is 2.65. The van der Waals surface area contributed by atoms with Gasteiger partial charge in [0.05, 0.1) is 23.3 Å². The van der Waals surface area contributed by atoms with Crippen LogP contribution in [0.2, 0.25) is 0 Å². The summed E-state index contributed by atoms with van der Waals surface area (Å²) < 4.78 is 33.4. The van der Waals surface area contributed by atoms with Crippen LogP contribution in [-0.2, 0) is 10.0 Å². The minimum Gasteiger partial charge on any atom is -0.464 e. The number of para-hydroxylation sites is 1. The van der Waals surface area contributed by atoms with Gasteiger partial charge >= 0.3 is 0 Å². The molecule has 1 aromatic carbocycles. The van der Waals surface area contributed by atoms with Crippen molar-refractivity contribution in [1.82, 2.24) is 9.29 Å². The summed E-state index contributed by atoms with van der Waals surface area (Å²) in [5.41, 5.74) is 2.07. The molecule has 0 amide bonds. The fourth-order valence-electron chi connectivity index (χ4n) is 2.47. The van der Waals surface area contributed by atoms with Crippen LogP contribution in [-0.4, -0.2) is 36.9 Å². The van der Waals surface area contributed by atoms with Crippen LogP contribution >= 0.6 is 22.7 Å². The van der Waals surface area contributed by atoms with E-state index in [1.807, 2.05) is 25.1 Å². The number of ether oxygens (including phenoxy) is 1. The van der Waals surface area contributed by atoms with E-state index < -0.39 is 10.0 Å². The van der Waals surface area contributed by atoms with Gasteiger partial charge in [-0.25, -0.2) is 13.4 Å². The Labute approximate surface area is 142 Å². The Morgan fingerprint density at radius 3 is 2.78 bits per heavy atom. The van der Waals surface area contributed by atoms with Gasteiger partial charge in [-0.3, -0.25) is 0 Å². The van der Waals surface area contributed by atoms with Gasteiger partial charge in [0.25, 0.3) is 15.2 Å². The van der Waals surface area contributed by atoms with Gasteiger partial charge in [-0.2, -0.15) is 4.31 Å². The lowest BCUT2D eigenvalue weighted by molar-refractivity contribution is 0.0763. The summed E-state index contributed by atoms with van der Waals surface area (Å²) in [5, 5.41) is 2.37. The van der Waals surface area contributed by atoms with Crippen LogP contribution in [0, 0.1) is 6.92 Å². The number of rotatable bonds is 4. The summed E-state index contributed by atoms with van der Waals surface area (Å²) >= 11 is 2.73. The molecule has 0 N–H and O–H groups in total. The van der Waals surface area contributed by atoms with Crippen LogP contribution in [0.1, 0.15) is 5.56 Å². The molecule has 1 fully saturated rings. The van der Waals surface area contributed by atoms with E-state index in [1.54, 1.807) is 17.5 Å². The van der Waals surface area contributed by atoms with Crippen molar-refractivity contribution < 1.29 is 13.2 Å². The topological polar surface area (TPSA) is 59.5 Å². The zero-order chi connectivity index (χ0) is 16.0. The fraction of sp³-hybridized carbons (Fsp3) is 0.267. The van der Waals surface area contributed by atoms with Crippen LogP contribution in [0.25, 0.3) is 10.2 Å². The Hall–Kier alpha value is -1.48. The van der Waals surface area contributed by atoms with Crippen molar-refractivity contribution in [1.29, 1.82) is 0 Å². The Balaban J connectivity index is 1.45. The van der Waals surface area contributed by atoms with E-state index in [0.29, 0.717) is 22.5 Å². The van der Waals surface area contributed by atoms with Crippen molar-refractivity contribution in [2.45, 2.75) is 17.2 Å². The molecular weight excluding hydrogens is 352 g/mol. The predicted octanol–water partition coefficient (Wildman–Crippen LogP) is 3.12. The van der Waals surface area contributed by atoms with Crippen LogP contribution in [0.3, 0.4) is 0 Å². The SMILES string of the molecule is Cc1cccc2sc(OC3CN(S(=O)(=O)c4cccs4)C3)nc12. The summed E-state index contributed by atoms with van der Waals surface area (Å²) in [6, 6.07) is 9.41. The zero-order valence-corrected chi connectivity index (χ0v) is 14.7. The molecule has 1 saturated heterocycles. The molecule has 1 aliphatic heterocycles. The number of aromatic nitrogens is 1. The van der Waals surface area contributed by atoms with Gasteiger partial charge in [-0.15, -0.1) is 11.3 Å². The van der Waals surface area contributed by atoms with Crippen LogP contribution < -0.4 is 4.74 Å².